The van der Waals surface area contributed by atoms with Crippen molar-refractivity contribution in [1.29, 1.82) is 0 Å². The zero-order valence-corrected chi connectivity index (χ0v) is 11.7. The van der Waals surface area contributed by atoms with E-state index in [1.165, 1.54) is 5.56 Å². The van der Waals surface area contributed by atoms with Gasteiger partial charge >= 0.3 is 5.97 Å². The highest BCUT2D eigenvalue weighted by Gasteiger charge is 2.02. The van der Waals surface area contributed by atoms with Crippen LogP contribution in [0.3, 0.4) is 0 Å². The van der Waals surface area contributed by atoms with Crippen LogP contribution >= 0.6 is 0 Å². The Hall–Kier alpha value is -2.09. The molecule has 0 heterocycles. The minimum atomic E-state index is -0.800. The van der Waals surface area contributed by atoms with Gasteiger partial charge in [0.2, 0.25) is 0 Å². The summed E-state index contributed by atoms with van der Waals surface area (Å²) >= 11 is 0. The molecule has 0 amide bonds. The van der Waals surface area contributed by atoms with E-state index < -0.39 is 5.97 Å². The van der Waals surface area contributed by atoms with Gasteiger partial charge in [0.25, 0.3) is 0 Å². The molecule has 0 fully saturated rings. The van der Waals surface area contributed by atoms with E-state index in [4.69, 9.17) is 5.11 Å². The summed E-state index contributed by atoms with van der Waals surface area (Å²) in [6.07, 6.45) is 0.0691. The molecule has 0 aliphatic heterocycles. The molecule has 1 N–H and O–H groups in total. The average Bonchev–Trinajstić information content (AvgIpc) is 2.41. The number of hydrogen-bond acceptors (Lipinski definition) is 1. The van der Waals surface area contributed by atoms with E-state index in [0.717, 1.165) is 16.7 Å². The van der Waals surface area contributed by atoms with Gasteiger partial charge in [0.05, 0.1) is 6.42 Å². The first-order chi connectivity index (χ1) is 9.15. The van der Waals surface area contributed by atoms with Gasteiger partial charge in [-0.1, -0.05) is 67.9 Å². The second-order valence-corrected chi connectivity index (χ2v) is 4.14. The summed E-state index contributed by atoms with van der Waals surface area (Å²) in [6.45, 7) is 6.05. The van der Waals surface area contributed by atoms with Crippen LogP contribution in [0.4, 0.5) is 0 Å². The molecule has 0 unspecified atom stereocenters. The maximum atomic E-state index is 10.7. The lowest BCUT2D eigenvalue weighted by atomic mass is 10.0. The van der Waals surface area contributed by atoms with E-state index in [9.17, 15) is 4.79 Å². The van der Waals surface area contributed by atoms with Crippen molar-refractivity contribution >= 4 is 5.97 Å². The van der Waals surface area contributed by atoms with Gasteiger partial charge < -0.3 is 5.11 Å². The van der Waals surface area contributed by atoms with Crippen molar-refractivity contribution in [3.63, 3.8) is 0 Å². The maximum Gasteiger partial charge on any atom is 0.307 e. The molecule has 0 aromatic heterocycles. The van der Waals surface area contributed by atoms with E-state index in [1.807, 2.05) is 45.0 Å². The Morgan fingerprint density at radius 1 is 1.00 bits per heavy atom. The first kappa shape index (κ1) is 15.0. The lowest BCUT2D eigenvalue weighted by molar-refractivity contribution is -0.136. The molecule has 0 spiro atoms. The Labute approximate surface area is 114 Å². The molecule has 2 aromatic carbocycles. The fourth-order valence-electron chi connectivity index (χ4n) is 1.78. The molecule has 0 saturated heterocycles. The van der Waals surface area contributed by atoms with E-state index in [-0.39, 0.29) is 6.42 Å². The molecule has 0 aliphatic rings. The number of aliphatic carboxylic acids is 1. The average molecular weight is 256 g/mol. The molecular weight excluding hydrogens is 236 g/mol. The SMILES string of the molecule is CC.Cc1ccc(-c2cccc(CC(=O)O)c2)cc1. The second-order valence-electron chi connectivity index (χ2n) is 4.14. The second kappa shape index (κ2) is 7.37. The van der Waals surface area contributed by atoms with Crippen molar-refractivity contribution in [3.8, 4) is 11.1 Å². The highest BCUT2D eigenvalue weighted by molar-refractivity contribution is 5.72. The van der Waals surface area contributed by atoms with Crippen LogP contribution in [-0.4, -0.2) is 11.1 Å². The Morgan fingerprint density at radius 2 is 1.63 bits per heavy atom. The summed E-state index contributed by atoms with van der Waals surface area (Å²) in [5.41, 5.74) is 4.22. The molecule has 0 radical (unpaired) electrons. The normalized spacial score (nSPS) is 9.42. The van der Waals surface area contributed by atoms with Crippen LogP contribution in [0, 0.1) is 6.92 Å². The number of aryl methyl sites for hydroxylation is 1. The van der Waals surface area contributed by atoms with Gasteiger partial charge in [-0.3, -0.25) is 4.79 Å². The van der Waals surface area contributed by atoms with Crippen LogP contribution in [0.15, 0.2) is 48.5 Å². The van der Waals surface area contributed by atoms with Crippen molar-refractivity contribution in [2.75, 3.05) is 0 Å². The fraction of sp³-hybridized carbons (Fsp3) is 0.235. The summed E-state index contributed by atoms with van der Waals surface area (Å²) in [4.78, 5) is 10.7. The predicted molar refractivity (Wildman–Crippen MR) is 79.3 cm³/mol. The first-order valence-electron chi connectivity index (χ1n) is 6.53. The smallest absolute Gasteiger partial charge is 0.307 e. The molecule has 2 nitrogen and oxygen atoms in total. The highest BCUT2D eigenvalue weighted by Crippen LogP contribution is 2.21. The van der Waals surface area contributed by atoms with Gasteiger partial charge in [0, 0.05) is 0 Å². The largest absolute Gasteiger partial charge is 0.481 e. The van der Waals surface area contributed by atoms with Gasteiger partial charge in [0.1, 0.15) is 0 Å². The minimum Gasteiger partial charge on any atom is -0.481 e. The van der Waals surface area contributed by atoms with E-state index in [1.54, 1.807) is 0 Å². The lowest BCUT2D eigenvalue weighted by Crippen LogP contribution is -1.99. The van der Waals surface area contributed by atoms with E-state index in [2.05, 4.69) is 24.3 Å². The van der Waals surface area contributed by atoms with Crippen molar-refractivity contribution in [1.82, 2.24) is 0 Å². The minimum absolute atomic E-state index is 0.0691. The quantitative estimate of drug-likeness (QED) is 0.888. The first-order valence-corrected chi connectivity index (χ1v) is 6.53. The molecule has 100 valence electrons. The van der Waals surface area contributed by atoms with Gasteiger partial charge in [-0.2, -0.15) is 0 Å². The monoisotopic (exact) mass is 256 g/mol. The van der Waals surface area contributed by atoms with Crippen LogP contribution in [-0.2, 0) is 11.2 Å². The van der Waals surface area contributed by atoms with Gasteiger partial charge in [-0.05, 0) is 23.6 Å². The van der Waals surface area contributed by atoms with Crippen LogP contribution in [0.25, 0.3) is 11.1 Å². The van der Waals surface area contributed by atoms with Crippen LogP contribution < -0.4 is 0 Å². The summed E-state index contributed by atoms with van der Waals surface area (Å²) in [5, 5.41) is 8.76. The third-order valence-electron chi connectivity index (χ3n) is 2.67. The molecule has 0 atom stereocenters. The number of hydrogen-bond donors (Lipinski definition) is 1. The van der Waals surface area contributed by atoms with Crippen molar-refractivity contribution in [2.45, 2.75) is 27.2 Å². The molecule has 2 aromatic rings. The maximum absolute atomic E-state index is 10.7. The van der Waals surface area contributed by atoms with Crippen molar-refractivity contribution in [3.05, 3.63) is 59.7 Å². The van der Waals surface area contributed by atoms with Crippen LogP contribution in [0.2, 0.25) is 0 Å². The Bertz CT molecular complexity index is 527. The van der Waals surface area contributed by atoms with Crippen molar-refractivity contribution < 1.29 is 9.90 Å². The molecule has 19 heavy (non-hydrogen) atoms. The van der Waals surface area contributed by atoms with Crippen LogP contribution in [0.1, 0.15) is 25.0 Å². The molecule has 0 saturated carbocycles. The van der Waals surface area contributed by atoms with Gasteiger partial charge in [-0.15, -0.1) is 0 Å². The zero-order valence-electron chi connectivity index (χ0n) is 11.7. The zero-order chi connectivity index (χ0) is 14.3. The highest BCUT2D eigenvalue weighted by atomic mass is 16.4. The Morgan fingerprint density at radius 3 is 2.21 bits per heavy atom. The predicted octanol–water partition coefficient (Wildman–Crippen LogP) is 4.32. The Balaban J connectivity index is 0.000000861. The van der Waals surface area contributed by atoms with E-state index >= 15 is 0 Å². The number of rotatable bonds is 3. The third kappa shape index (κ3) is 4.59. The molecule has 2 heteroatoms. The number of carboxylic acids is 1. The Kier molecular flexibility index (Phi) is 5.80. The number of carboxylic acid groups (broad SMARTS) is 1. The number of carbonyl (C=O) groups is 1. The summed E-state index contributed by atoms with van der Waals surface area (Å²) in [6, 6.07) is 15.9. The lowest BCUT2D eigenvalue weighted by Gasteiger charge is -2.04. The number of benzene rings is 2. The van der Waals surface area contributed by atoms with E-state index in [0.29, 0.717) is 0 Å². The van der Waals surface area contributed by atoms with Gasteiger partial charge in [0.15, 0.2) is 0 Å². The summed E-state index contributed by atoms with van der Waals surface area (Å²) in [5.74, 6) is -0.800. The molecule has 0 aliphatic carbocycles. The molecule has 0 bridgehead atoms. The summed E-state index contributed by atoms with van der Waals surface area (Å²) in [7, 11) is 0. The van der Waals surface area contributed by atoms with Crippen molar-refractivity contribution in [2.24, 2.45) is 0 Å². The molecular formula is C17H20O2. The topological polar surface area (TPSA) is 37.3 Å². The molecule has 2 rings (SSSR count). The van der Waals surface area contributed by atoms with Gasteiger partial charge in [-0.25, -0.2) is 0 Å². The summed E-state index contributed by atoms with van der Waals surface area (Å²) < 4.78 is 0. The fourth-order valence-corrected chi connectivity index (χ4v) is 1.78. The van der Waals surface area contributed by atoms with Crippen LogP contribution in [0.5, 0.6) is 0 Å². The standard InChI is InChI=1S/C15H14O2.C2H6/c1-11-5-7-13(8-6-11)14-4-2-3-12(9-14)10-15(16)17;1-2/h2-9H,10H2,1H3,(H,16,17);1-2H3. The third-order valence-corrected chi connectivity index (χ3v) is 2.67.